The van der Waals surface area contributed by atoms with E-state index < -0.39 is 10.8 Å². The molecule has 0 amide bonds. The van der Waals surface area contributed by atoms with Crippen LogP contribution >= 0.6 is 23.2 Å². The maximum Gasteiger partial charge on any atom is 0.335 e. The van der Waals surface area contributed by atoms with Crippen molar-refractivity contribution in [2.75, 3.05) is 0 Å². The second kappa shape index (κ2) is 4.49. The summed E-state index contributed by atoms with van der Waals surface area (Å²) in [6.07, 6.45) is 0.531. The Hall–Kier alpha value is -0.730. The SMILES string of the molecule is O=C(O)c1ccc(CC(Cl)Cl)cc1. The summed E-state index contributed by atoms with van der Waals surface area (Å²) in [6, 6.07) is 6.49. The van der Waals surface area contributed by atoms with E-state index in [-0.39, 0.29) is 5.56 Å². The lowest BCUT2D eigenvalue weighted by Crippen LogP contribution is -1.98. The van der Waals surface area contributed by atoms with E-state index in [4.69, 9.17) is 28.3 Å². The van der Waals surface area contributed by atoms with Crippen LogP contribution in [0.2, 0.25) is 0 Å². The number of alkyl halides is 2. The number of hydrogen-bond donors (Lipinski definition) is 1. The van der Waals surface area contributed by atoms with E-state index in [1.54, 1.807) is 12.1 Å². The van der Waals surface area contributed by atoms with Gasteiger partial charge < -0.3 is 5.11 Å². The molecule has 1 rings (SSSR count). The van der Waals surface area contributed by atoms with Gasteiger partial charge in [0.15, 0.2) is 0 Å². The Balaban J connectivity index is 2.75. The van der Waals surface area contributed by atoms with Gasteiger partial charge in [-0.3, -0.25) is 0 Å². The number of hydrogen-bond acceptors (Lipinski definition) is 1. The Morgan fingerprint density at radius 2 is 1.85 bits per heavy atom. The molecule has 4 heteroatoms. The highest BCUT2D eigenvalue weighted by Crippen LogP contribution is 2.12. The number of carboxylic acids is 1. The summed E-state index contributed by atoms with van der Waals surface area (Å²) < 4.78 is 0. The lowest BCUT2D eigenvalue weighted by atomic mass is 10.1. The Bertz CT molecular complexity index is 293. The maximum atomic E-state index is 10.5. The molecule has 0 spiro atoms. The lowest BCUT2D eigenvalue weighted by molar-refractivity contribution is 0.0697. The van der Waals surface area contributed by atoms with Crippen LogP contribution in [0.5, 0.6) is 0 Å². The zero-order valence-electron chi connectivity index (χ0n) is 6.71. The molecule has 0 aliphatic rings. The van der Waals surface area contributed by atoms with E-state index in [9.17, 15) is 4.79 Å². The Morgan fingerprint density at radius 1 is 1.31 bits per heavy atom. The molecule has 0 aliphatic carbocycles. The molecule has 0 aliphatic heterocycles. The number of benzene rings is 1. The van der Waals surface area contributed by atoms with E-state index in [2.05, 4.69) is 0 Å². The summed E-state index contributed by atoms with van der Waals surface area (Å²) in [5.41, 5.74) is 1.20. The molecule has 0 fully saturated rings. The molecule has 0 bridgehead atoms. The molecule has 70 valence electrons. The fourth-order valence-electron chi connectivity index (χ4n) is 0.962. The van der Waals surface area contributed by atoms with Gasteiger partial charge >= 0.3 is 5.97 Å². The van der Waals surface area contributed by atoms with Crippen LogP contribution in [-0.2, 0) is 6.42 Å². The Morgan fingerprint density at radius 3 is 2.23 bits per heavy atom. The van der Waals surface area contributed by atoms with Crippen molar-refractivity contribution < 1.29 is 9.90 Å². The molecule has 2 nitrogen and oxygen atoms in total. The molecule has 0 saturated carbocycles. The molecular weight excluding hydrogens is 211 g/mol. The third kappa shape index (κ3) is 3.25. The second-order valence-electron chi connectivity index (χ2n) is 2.60. The summed E-state index contributed by atoms with van der Waals surface area (Å²) >= 11 is 11.1. The number of carbonyl (C=O) groups is 1. The van der Waals surface area contributed by atoms with E-state index in [0.29, 0.717) is 6.42 Å². The summed E-state index contributed by atoms with van der Waals surface area (Å²) in [7, 11) is 0. The van der Waals surface area contributed by atoms with Gasteiger partial charge in [0.2, 0.25) is 0 Å². The van der Waals surface area contributed by atoms with Crippen LogP contribution in [0, 0.1) is 0 Å². The first-order valence-corrected chi connectivity index (χ1v) is 4.57. The first-order valence-electron chi connectivity index (χ1n) is 3.70. The first kappa shape index (κ1) is 10.4. The monoisotopic (exact) mass is 218 g/mol. The van der Waals surface area contributed by atoms with E-state index in [1.807, 2.05) is 0 Å². The predicted octanol–water partition coefficient (Wildman–Crippen LogP) is 2.73. The summed E-state index contributed by atoms with van der Waals surface area (Å²) in [6.45, 7) is 0. The van der Waals surface area contributed by atoms with Gasteiger partial charge in [0.25, 0.3) is 0 Å². The molecule has 1 N–H and O–H groups in total. The molecule has 0 unspecified atom stereocenters. The average molecular weight is 219 g/mol. The lowest BCUT2D eigenvalue weighted by Gasteiger charge is -2.01. The van der Waals surface area contributed by atoms with Gasteiger partial charge in [-0.2, -0.15) is 0 Å². The van der Waals surface area contributed by atoms with Crippen LogP contribution in [0.1, 0.15) is 15.9 Å². The van der Waals surface area contributed by atoms with Gasteiger partial charge in [0.1, 0.15) is 4.84 Å². The minimum atomic E-state index is -0.931. The fraction of sp³-hybridized carbons (Fsp3) is 0.222. The van der Waals surface area contributed by atoms with E-state index >= 15 is 0 Å². The van der Waals surface area contributed by atoms with Crippen molar-refractivity contribution in [3.8, 4) is 0 Å². The van der Waals surface area contributed by atoms with Crippen molar-refractivity contribution in [2.24, 2.45) is 0 Å². The number of rotatable bonds is 3. The van der Waals surface area contributed by atoms with Crippen LogP contribution in [-0.4, -0.2) is 15.9 Å². The van der Waals surface area contributed by atoms with Crippen LogP contribution in [0.4, 0.5) is 0 Å². The summed E-state index contributed by atoms with van der Waals surface area (Å²) in [5, 5.41) is 8.61. The van der Waals surface area contributed by atoms with Gasteiger partial charge in [-0.15, -0.1) is 23.2 Å². The zero-order valence-corrected chi connectivity index (χ0v) is 8.22. The van der Waals surface area contributed by atoms with Gasteiger partial charge in [0, 0.05) is 6.42 Å². The van der Waals surface area contributed by atoms with Crippen molar-refractivity contribution in [1.29, 1.82) is 0 Å². The van der Waals surface area contributed by atoms with Crippen LogP contribution in [0.15, 0.2) is 24.3 Å². The highest BCUT2D eigenvalue weighted by Gasteiger charge is 2.04. The fourth-order valence-corrected chi connectivity index (χ4v) is 1.32. The summed E-state index contributed by atoms with van der Waals surface area (Å²) in [5.74, 6) is -0.931. The predicted molar refractivity (Wildman–Crippen MR) is 52.6 cm³/mol. The quantitative estimate of drug-likeness (QED) is 0.793. The van der Waals surface area contributed by atoms with Crippen molar-refractivity contribution in [3.63, 3.8) is 0 Å². The Labute approximate surface area is 86.1 Å². The topological polar surface area (TPSA) is 37.3 Å². The standard InChI is InChI=1S/C9H8Cl2O2/c10-8(11)5-6-1-3-7(4-2-6)9(12)13/h1-4,8H,5H2,(H,12,13). The Kier molecular flexibility index (Phi) is 3.58. The molecule has 1 aromatic rings. The van der Waals surface area contributed by atoms with Gasteiger partial charge in [-0.25, -0.2) is 4.79 Å². The molecule has 13 heavy (non-hydrogen) atoms. The third-order valence-corrected chi connectivity index (χ3v) is 1.90. The number of halogens is 2. The summed E-state index contributed by atoms with van der Waals surface area (Å²) in [4.78, 5) is 10.0. The zero-order chi connectivity index (χ0) is 9.84. The van der Waals surface area contributed by atoms with Crippen LogP contribution in [0.3, 0.4) is 0 Å². The van der Waals surface area contributed by atoms with Crippen molar-refractivity contribution in [2.45, 2.75) is 11.3 Å². The molecule has 0 atom stereocenters. The van der Waals surface area contributed by atoms with Gasteiger partial charge in [-0.1, -0.05) is 12.1 Å². The molecular formula is C9H8Cl2O2. The van der Waals surface area contributed by atoms with Crippen molar-refractivity contribution in [1.82, 2.24) is 0 Å². The average Bonchev–Trinajstić information content (AvgIpc) is 2.04. The molecule has 0 heterocycles. The maximum absolute atomic E-state index is 10.5. The van der Waals surface area contributed by atoms with Crippen molar-refractivity contribution >= 4 is 29.2 Å². The van der Waals surface area contributed by atoms with Crippen LogP contribution < -0.4 is 0 Å². The number of carboxylic acid groups (broad SMARTS) is 1. The van der Waals surface area contributed by atoms with E-state index in [0.717, 1.165) is 5.56 Å². The number of aromatic carboxylic acids is 1. The highest BCUT2D eigenvalue weighted by atomic mass is 35.5. The second-order valence-corrected chi connectivity index (χ2v) is 3.87. The minimum Gasteiger partial charge on any atom is -0.478 e. The molecule has 1 aromatic carbocycles. The van der Waals surface area contributed by atoms with Gasteiger partial charge in [-0.05, 0) is 17.7 Å². The van der Waals surface area contributed by atoms with Gasteiger partial charge in [0.05, 0.1) is 5.56 Å². The smallest absolute Gasteiger partial charge is 0.335 e. The first-order chi connectivity index (χ1) is 6.09. The highest BCUT2D eigenvalue weighted by molar-refractivity contribution is 6.44. The largest absolute Gasteiger partial charge is 0.478 e. The molecule has 0 saturated heterocycles. The minimum absolute atomic E-state index is 0.268. The molecule has 0 radical (unpaired) electrons. The van der Waals surface area contributed by atoms with Crippen LogP contribution in [0.25, 0.3) is 0 Å². The molecule has 0 aromatic heterocycles. The normalized spacial score (nSPS) is 10.4. The van der Waals surface area contributed by atoms with Crippen molar-refractivity contribution in [3.05, 3.63) is 35.4 Å². The van der Waals surface area contributed by atoms with E-state index in [1.165, 1.54) is 12.1 Å². The third-order valence-electron chi connectivity index (χ3n) is 1.59.